The second-order valence-electron chi connectivity index (χ2n) is 3.45. The van der Waals surface area contributed by atoms with Gasteiger partial charge in [0, 0.05) is 13.7 Å². The lowest BCUT2D eigenvalue weighted by atomic mass is 10.3. The Morgan fingerprint density at radius 3 is 2.16 bits per heavy atom. The Labute approximate surface area is 127 Å². The van der Waals surface area contributed by atoms with E-state index in [-0.39, 0.29) is 5.69 Å². The van der Waals surface area contributed by atoms with Gasteiger partial charge in [-0.25, -0.2) is 0 Å². The lowest BCUT2D eigenvalue weighted by Gasteiger charge is -2.10. The van der Waals surface area contributed by atoms with Gasteiger partial charge in [-0.2, -0.15) is 22.5 Å². The molecule has 0 atom stereocenters. The molecule has 100 valence electrons. The van der Waals surface area contributed by atoms with Crippen molar-refractivity contribution in [1.29, 1.82) is 0 Å². The van der Waals surface area contributed by atoms with E-state index in [1.54, 1.807) is 12.1 Å². The van der Waals surface area contributed by atoms with Gasteiger partial charge < -0.3 is 5.32 Å². The minimum absolute atomic E-state index is 0.287. The Bertz CT molecular complexity index is 625. The van der Waals surface area contributed by atoms with E-state index in [1.807, 2.05) is 22.6 Å². The SMILES string of the molecule is Fc1nc(F)c(F)c(Nc2ccc(Br)c(I)c2)c1F. The van der Waals surface area contributed by atoms with Crippen molar-refractivity contribution < 1.29 is 17.6 Å². The van der Waals surface area contributed by atoms with E-state index < -0.39 is 29.2 Å². The second-order valence-corrected chi connectivity index (χ2v) is 5.47. The van der Waals surface area contributed by atoms with Gasteiger partial charge in [-0.15, -0.1) is 0 Å². The summed E-state index contributed by atoms with van der Waals surface area (Å²) in [5.41, 5.74) is -0.626. The van der Waals surface area contributed by atoms with E-state index in [4.69, 9.17) is 0 Å². The van der Waals surface area contributed by atoms with Crippen molar-refractivity contribution in [2.45, 2.75) is 0 Å². The molecule has 0 bridgehead atoms. The number of nitrogens with one attached hydrogen (secondary N) is 1. The lowest BCUT2D eigenvalue weighted by molar-refractivity contribution is 0.411. The van der Waals surface area contributed by atoms with Crippen molar-refractivity contribution in [3.05, 3.63) is 49.8 Å². The molecular weight excluding hydrogens is 443 g/mol. The van der Waals surface area contributed by atoms with Crippen molar-refractivity contribution in [2.24, 2.45) is 0 Å². The molecule has 1 aromatic carbocycles. The third-order valence-electron chi connectivity index (χ3n) is 2.19. The Hall–Kier alpha value is -0.900. The average molecular weight is 447 g/mol. The zero-order valence-electron chi connectivity index (χ0n) is 8.95. The van der Waals surface area contributed by atoms with Gasteiger partial charge >= 0.3 is 0 Å². The van der Waals surface area contributed by atoms with Gasteiger partial charge in [-0.3, -0.25) is 0 Å². The van der Waals surface area contributed by atoms with Crippen LogP contribution in [0.2, 0.25) is 0 Å². The van der Waals surface area contributed by atoms with Crippen LogP contribution in [0, 0.1) is 27.1 Å². The molecule has 19 heavy (non-hydrogen) atoms. The molecule has 2 aromatic rings. The highest BCUT2D eigenvalue weighted by atomic mass is 127. The maximum Gasteiger partial charge on any atom is 0.253 e. The third kappa shape index (κ3) is 2.99. The highest BCUT2D eigenvalue weighted by molar-refractivity contribution is 14.1. The van der Waals surface area contributed by atoms with Crippen LogP contribution in [-0.2, 0) is 0 Å². The van der Waals surface area contributed by atoms with Crippen molar-refractivity contribution in [1.82, 2.24) is 4.98 Å². The summed E-state index contributed by atoms with van der Waals surface area (Å²) in [5.74, 6) is -6.55. The number of halogens is 6. The minimum atomic E-state index is -1.70. The van der Waals surface area contributed by atoms with Crippen molar-refractivity contribution in [3.8, 4) is 0 Å². The topological polar surface area (TPSA) is 24.9 Å². The van der Waals surface area contributed by atoms with Gasteiger partial charge in [0.05, 0.1) is 0 Å². The molecule has 1 heterocycles. The largest absolute Gasteiger partial charge is 0.350 e. The Kier molecular flexibility index (Phi) is 4.29. The minimum Gasteiger partial charge on any atom is -0.350 e. The number of hydrogen-bond donors (Lipinski definition) is 1. The molecular formula is C11H4BrF4IN2. The first-order valence-corrected chi connectivity index (χ1v) is 6.69. The van der Waals surface area contributed by atoms with Crippen LogP contribution in [0.25, 0.3) is 0 Å². The molecule has 0 aliphatic rings. The maximum absolute atomic E-state index is 13.4. The number of rotatable bonds is 2. The Morgan fingerprint density at radius 2 is 1.63 bits per heavy atom. The van der Waals surface area contributed by atoms with Crippen LogP contribution in [0.15, 0.2) is 22.7 Å². The summed E-state index contributed by atoms with van der Waals surface area (Å²) in [6.45, 7) is 0. The van der Waals surface area contributed by atoms with Gasteiger partial charge in [0.2, 0.25) is 11.6 Å². The van der Waals surface area contributed by atoms with E-state index >= 15 is 0 Å². The predicted molar refractivity (Wildman–Crippen MR) is 74.2 cm³/mol. The van der Waals surface area contributed by atoms with Crippen LogP contribution in [0.5, 0.6) is 0 Å². The molecule has 1 aromatic heterocycles. The van der Waals surface area contributed by atoms with E-state index in [2.05, 4.69) is 26.2 Å². The molecule has 2 nitrogen and oxygen atoms in total. The highest BCUT2D eigenvalue weighted by Gasteiger charge is 2.20. The number of hydrogen-bond acceptors (Lipinski definition) is 2. The van der Waals surface area contributed by atoms with Crippen LogP contribution in [0.3, 0.4) is 0 Å². The molecule has 0 fully saturated rings. The zero-order chi connectivity index (χ0) is 14.2. The average Bonchev–Trinajstić information content (AvgIpc) is 2.36. The van der Waals surface area contributed by atoms with Crippen molar-refractivity contribution in [3.63, 3.8) is 0 Å². The van der Waals surface area contributed by atoms with Crippen LogP contribution in [0.1, 0.15) is 0 Å². The third-order valence-corrected chi connectivity index (χ3v) is 4.51. The van der Waals surface area contributed by atoms with E-state index in [9.17, 15) is 17.6 Å². The summed E-state index contributed by atoms with van der Waals surface area (Å²) in [6, 6.07) is 4.69. The quantitative estimate of drug-likeness (QED) is 0.409. The van der Waals surface area contributed by atoms with Crippen molar-refractivity contribution >= 4 is 49.9 Å². The number of aromatic nitrogens is 1. The summed E-state index contributed by atoms with van der Waals surface area (Å²) >= 11 is 5.24. The molecule has 8 heteroatoms. The first kappa shape index (κ1) is 14.5. The molecule has 0 radical (unpaired) electrons. The maximum atomic E-state index is 13.4. The zero-order valence-corrected chi connectivity index (χ0v) is 12.7. The second kappa shape index (κ2) is 5.61. The number of nitrogens with zero attached hydrogens (tertiary/aromatic N) is 1. The molecule has 0 amide bonds. The monoisotopic (exact) mass is 446 g/mol. The summed E-state index contributed by atoms with van der Waals surface area (Å²) in [6.07, 6.45) is 0. The molecule has 2 rings (SSSR count). The van der Waals surface area contributed by atoms with Crippen LogP contribution >= 0.6 is 38.5 Å². The van der Waals surface area contributed by atoms with Crippen molar-refractivity contribution in [2.75, 3.05) is 5.32 Å². The van der Waals surface area contributed by atoms with Gasteiger partial charge in [0.25, 0.3) is 11.9 Å². The Morgan fingerprint density at radius 1 is 1.05 bits per heavy atom. The van der Waals surface area contributed by atoms with Gasteiger partial charge in [0.1, 0.15) is 5.69 Å². The summed E-state index contributed by atoms with van der Waals surface area (Å²) in [5, 5.41) is 2.29. The lowest BCUT2D eigenvalue weighted by Crippen LogP contribution is -2.06. The first-order valence-electron chi connectivity index (χ1n) is 4.82. The molecule has 0 aliphatic heterocycles. The fourth-order valence-electron chi connectivity index (χ4n) is 1.31. The molecule has 0 saturated carbocycles. The van der Waals surface area contributed by atoms with Crippen LogP contribution in [0.4, 0.5) is 28.9 Å². The van der Waals surface area contributed by atoms with Crippen LogP contribution < -0.4 is 5.32 Å². The van der Waals surface area contributed by atoms with Gasteiger partial charge in [-0.05, 0) is 56.7 Å². The molecule has 0 saturated heterocycles. The van der Waals surface area contributed by atoms with E-state index in [1.165, 1.54) is 6.07 Å². The van der Waals surface area contributed by atoms with E-state index in [0.717, 1.165) is 8.04 Å². The van der Waals surface area contributed by atoms with Gasteiger partial charge in [0.15, 0.2) is 0 Å². The number of pyridine rings is 1. The molecule has 0 aliphatic carbocycles. The molecule has 1 N–H and O–H groups in total. The number of benzene rings is 1. The van der Waals surface area contributed by atoms with E-state index in [0.29, 0.717) is 0 Å². The normalized spacial score (nSPS) is 10.6. The summed E-state index contributed by atoms with van der Waals surface area (Å²) < 4.78 is 54.2. The predicted octanol–water partition coefficient (Wildman–Crippen LogP) is 4.75. The Balaban J connectivity index is 2.46. The molecule has 0 spiro atoms. The standard InChI is InChI=1S/C11H4BrF4IN2/c12-5-2-1-4(3-6(5)17)18-9-7(13)10(15)19-11(16)8(9)14/h1-3H,(H,18,19). The number of anilines is 2. The highest BCUT2D eigenvalue weighted by Crippen LogP contribution is 2.28. The molecule has 0 unspecified atom stereocenters. The fraction of sp³-hybridized carbons (Fsp3) is 0. The smallest absolute Gasteiger partial charge is 0.253 e. The summed E-state index contributed by atoms with van der Waals surface area (Å²) in [7, 11) is 0. The van der Waals surface area contributed by atoms with Gasteiger partial charge in [-0.1, -0.05) is 0 Å². The fourth-order valence-corrected chi connectivity index (χ4v) is 2.08. The first-order chi connectivity index (χ1) is 8.90. The summed E-state index contributed by atoms with van der Waals surface area (Å²) in [4.78, 5) is 2.47. The van der Waals surface area contributed by atoms with Crippen LogP contribution in [-0.4, -0.2) is 4.98 Å².